The van der Waals surface area contributed by atoms with Gasteiger partial charge in [-0.25, -0.2) is 4.68 Å². The summed E-state index contributed by atoms with van der Waals surface area (Å²) in [5.74, 6) is -1.30. The molecule has 0 spiro atoms. The molecule has 0 saturated carbocycles. The lowest BCUT2D eigenvalue weighted by molar-refractivity contribution is -0.144. The number of fused-ring (bicyclic) bond motifs is 1. The van der Waals surface area contributed by atoms with Crippen LogP contribution in [0, 0.1) is 18.3 Å². The molecular formula is C20H19ClN4O5. The Morgan fingerprint density at radius 2 is 1.80 bits per heavy atom. The van der Waals surface area contributed by atoms with E-state index < -0.39 is 17.4 Å². The smallest absolute Gasteiger partial charge is 0.306 e. The fraction of sp³-hybridized carbons (Fsp3) is 0.300. The van der Waals surface area contributed by atoms with Gasteiger partial charge in [0.1, 0.15) is 11.6 Å². The predicted octanol–water partition coefficient (Wildman–Crippen LogP) is 2.28. The molecule has 10 heteroatoms. The average Bonchev–Trinajstić information content (AvgIpc) is 3.05. The molecule has 1 aliphatic rings. The van der Waals surface area contributed by atoms with Crippen molar-refractivity contribution < 1.29 is 23.8 Å². The lowest BCUT2D eigenvalue weighted by Gasteiger charge is -2.35. The number of nitrogens with zero attached hydrogens (tertiary/aromatic N) is 3. The summed E-state index contributed by atoms with van der Waals surface area (Å²) in [5.41, 5.74) is 5.99. The maximum Gasteiger partial charge on any atom is 0.306 e. The van der Waals surface area contributed by atoms with E-state index in [1.807, 2.05) is 6.07 Å². The number of aryl methyl sites for hydroxylation is 1. The summed E-state index contributed by atoms with van der Waals surface area (Å²) in [4.78, 5) is 24.7. The lowest BCUT2D eigenvalue weighted by Crippen LogP contribution is -2.40. The Hall–Kier alpha value is -3.51. The first-order valence-electron chi connectivity index (χ1n) is 8.85. The van der Waals surface area contributed by atoms with Gasteiger partial charge < -0.3 is 19.9 Å². The molecule has 0 bridgehead atoms. The van der Waals surface area contributed by atoms with Crippen LogP contribution in [0.5, 0.6) is 5.88 Å². The lowest BCUT2D eigenvalue weighted by atomic mass is 9.68. The van der Waals surface area contributed by atoms with Crippen LogP contribution >= 0.6 is 11.6 Å². The maximum atomic E-state index is 12.3. The van der Waals surface area contributed by atoms with E-state index in [0.29, 0.717) is 22.0 Å². The van der Waals surface area contributed by atoms with Gasteiger partial charge >= 0.3 is 11.9 Å². The van der Waals surface area contributed by atoms with Gasteiger partial charge in [0.25, 0.3) is 0 Å². The topological polar surface area (TPSA) is 129 Å². The van der Waals surface area contributed by atoms with Crippen LogP contribution < -0.4 is 10.5 Å². The number of benzene rings is 1. The van der Waals surface area contributed by atoms with Crippen LogP contribution in [-0.2, 0) is 24.5 Å². The standard InChI is InChI=1S/C20H19ClN4O5/c1-11-17-19(25(24-11)13-6-4-12(21)5-7-13)30-18(23)14(10-22)20(17,8-15(26)28-2)9-16(27)29-3/h4-7H,8-9,23H2,1-3H3. The molecule has 0 unspecified atom stereocenters. The van der Waals surface area contributed by atoms with Crippen LogP contribution in [0.2, 0.25) is 5.02 Å². The van der Waals surface area contributed by atoms with E-state index in [2.05, 4.69) is 5.10 Å². The molecule has 2 N–H and O–H groups in total. The number of hydrogen-bond acceptors (Lipinski definition) is 8. The van der Waals surface area contributed by atoms with E-state index >= 15 is 0 Å². The summed E-state index contributed by atoms with van der Waals surface area (Å²) >= 11 is 5.97. The molecule has 2 aromatic rings. The molecule has 0 saturated heterocycles. The Morgan fingerprint density at radius 1 is 1.23 bits per heavy atom. The second-order valence-electron chi connectivity index (χ2n) is 6.69. The Kier molecular flexibility index (Phi) is 5.71. The third-order valence-corrected chi connectivity index (χ3v) is 5.21. The van der Waals surface area contributed by atoms with Crippen molar-refractivity contribution in [2.45, 2.75) is 25.2 Å². The molecule has 1 aliphatic heterocycles. The van der Waals surface area contributed by atoms with Crippen LogP contribution in [0.3, 0.4) is 0 Å². The quantitative estimate of drug-likeness (QED) is 0.715. The molecule has 0 radical (unpaired) electrons. The minimum absolute atomic E-state index is 0.0652. The number of methoxy groups -OCH3 is 2. The number of hydrogen-bond donors (Lipinski definition) is 1. The summed E-state index contributed by atoms with van der Waals surface area (Å²) in [6.07, 6.45) is -0.655. The molecule has 0 atom stereocenters. The van der Waals surface area contributed by atoms with Gasteiger partial charge in [-0.15, -0.1) is 0 Å². The number of nitriles is 1. The number of allylic oxidation sites excluding steroid dienone is 1. The molecule has 1 aromatic carbocycles. The summed E-state index contributed by atoms with van der Waals surface area (Å²) in [5, 5.41) is 14.9. The minimum atomic E-state index is -1.46. The molecule has 30 heavy (non-hydrogen) atoms. The fourth-order valence-corrected chi connectivity index (χ4v) is 3.77. The number of halogens is 1. The Morgan fingerprint density at radius 3 is 2.30 bits per heavy atom. The number of esters is 2. The van der Waals surface area contributed by atoms with Crippen molar-refractivity contribution in [2.24, 2.45) is 5.73 Å². The maximum absolute atomic E-state index is 12.3. The number of carbonyl (C=O) groups is 2. The molecule has 3 rings (SSSR count). The highest BCUT2D eigenvalue weighted by atomic mass is 35.5. The number of aromatic nitrogens is 2. The van der Waals surface area contributed by atoms with Crippen molar-refractivity contribution in [3.8, 4) is 17.6 Å². The summed E-state index contributed by atoms with van der Waals surface area (Å²) < 4.78 is 16.9. The molecular weight excluding hydrogens is 412 g/mol. The van der Waals surface area contributed by atoms with Crippen LogP contribution in [0.25, 0.3) is 5.69 Å². The molecule has 2 heterocycles. The predicted molar refractivity (Wildman–Crippen MR) is 106 cm³/mol. The van der Waals surface area contributed by atoms with Crippen molar-refractivity contribution in [1.82, 2.24) is 9.78 Å². The monoisotopic (exact) mass is 430 g/mol. The molecule has 156 valence electrons. The van der Waals surface area contributed by atoms with Gasteiger partial charge in [0.05, 0.1) is 49.4 Å². The van der Waals surface area contributed by atoms with Crippen molar-refractivity contribution in [3.05, 3.63) is 52.0 Å². The molecule has 1 aromatic heterocycles. The van der Waals surface area contributed by atoms with Crippen molar-refractivity contribution >= 4 is 23.5 Å². The second-order valence-corrected chi connectivity index (χ2v) is 7.13. The SMILES string of the molecule is COC(=O)CC1(CC(=O)OC)C(C#N)=C(N)Oc2c1c(C)nn2-c1ccc(Cl)cc1. The Bertz CT molecular complexity index is 1060. The van der Waals surface area contributed by atoms with Crippen molar-refractivity contribution in [2.75, 3.05) is 14.2 Å². The van der Waals surface area contributed by atoms with Gasteiger partial charge in [0.15, 0.2) is 0 Å². The number of ether oxygens (including phenoxy) is 3. The number of nitrogens with two attached hydrogens (primary N) is 1. The average molecular weight is 431 g/mol. The van der Waals surface area contributed by atoms with E-state index in [4.69, 9.17) is 31.5 Å². The zero-order valence-electron chi connectivity index (χ0n) is 16.6. The van der Waals surface area contributed by atoms with E-state index in [1.54, 1.807) is 31.2 Å². The van der Waals surface area contributed by atoms with Gasteiger partial charge in [-0.3, -0.25) is 9.59 Å². The first-order valence-corrected chi connectivity index (χ1v) is 9.23. The second kappa shape index (κ2) is 8.08. The van der Waals surface area contributed by atoms with E-state index in [9.17, 15) is 14.9 Å². The largest absolute Gasteiger partial charge is 0.469 e. The third-order valence-electron chi connectivity index (χ3n) is 4.96. The molecule has 0 aliphatic carbocycles. The van der Waals surface area contributed by atoms with Crippen molar-refractivity contribution in [3.63, 3.8) is 0 Å². The van der Waals surface area contributed by atoms with E-state index in [0.717, 1.165) is 0 Å². The molecule has 0 amide bonds. The van der Waals surface area contributed by atoms with Crippen LogP contribution in [0.1, 0.15) is 24.1 Å². The third kappa shape index (κ3) is 3.46. The minimum Gasteiger partial charge on any atom is -0.469 e. The highest BCUT2D eigenvalue weighted by molar-refractivity contribution is 6.30. The fourth-order valence-electron chi connectivity index (χ4n) is 3.64. The number of rotatable bonds is 5. The summed E-state index contributed by atoms with van der Waals surface area (Å²) in [6.45, 7) is 1.69. The van der Waals surface area contributed by atoms with Crippen LogP contribution in [-0.4, -0.2) is 35.9 Å². The normalized spacial score (nSPS) is 14.4. The van der Waals surface area contributed by atoms with Gasteiger partial charge in [0, 0.05) is 5.02 Å². The van der Waals surface area contributed by atoms with Crippen molar-refractivity contribution in [1.29, 1.82) is 5.26 Å². The van der Waals surface area contributed by atoms with E-state index in [1.165, 1.54) is 18.9 Å². The highest BCUT2D eigenvalue weighted by Crippen LogP contribution is 2.50. The highest BCUT2D eigenvalue weighted by Gasteiger charge is 2.51. The first-order chi connectivity index (χ1) is 14.3. The Balaban J connectivity index is 2.32. The van der Waals surface area contributed by atoms with Gasteiger partial charge in [-0.05, 0) is 31.2 Å². The first kappa shape index (κ1) is 21.2. The van der Waals surface area contributed by atoms with E-state index in [-0.39, 0.29) is 30.2 Å². The molecule has 0 fully saturated rings. The van der Waals surface area contributed by atoms with Crippen LogP contribution in [0.4, 0.5) is 0 Å². The molecule has 9 nitrogen and oxygen atoms in total. The van der Waals surface area contributed by atoms with Gasteiger partial charge in [0.2, 0.25) is 11.8 Å². The zero-order chi connectivity index (χ0) is 22.1. The Labute approximate surface area is 177 Å². The summed E-state index contributed by atoms with van der Waals surface area (Å²) in [6, 6.07) is 8.79. The van der Waals surface area contributed by atoms with Crippen LogP contribution in [0.15, 0.2) is 35.7 Å². The van der Waals surface area contributed by atoms with Gasteiger partial charge in [-0.1, -0.05) is 11.6 Å². The summed E-state index contributed by atoms with van der Waals surface area (Å²) in [7, 11) is 2.44. The number of carbonyl (C=O) groups excluding carboxylic acids is 2. The zero-order valence-corrected chi connectivity index (χ0v) is 17.3. The van der Waals surface area contributed by atoms with Gasteiger partial charge in [-0.2, -0.15) is 10.4 Å².